The van der Waals surface area contributed by atoms with Crippen LogP contribution in [0, 0.1) is 17.2 Å². The zero-order chi connectivity index (χ0) is 21.3. The smallest absolute Gasteiger partial charge is 0.407 e. The predicted octanol–water partition coefficient (Wildman–Crippen LogP) is 5.15. The van der Waals surface area contributed by atoms with E-state index in [2.05, 4.69) is 5.32 Å². The number of furan rings is 1. The lowest BCUT2D eigenvalue weighted by molar-refractivity contribution is -0.163. The first-order valence-electron chi connectivity index (χ1n) is 9.02. The van der Waals surface area contributed by atoms with E-state index in [1.54, 1.807) is 32.0 Å². The van der Waals surface area contributed by atoms with Crippen molar-refractivity contribution in [1.82, 2.24) is 5.32 Å². The van der Waals surface area contributed by atoms with Gasteiger partial charge < -0.3 is 9.52 Å². The summed E-state index contributed by atoms with van der Waals surface area (Å²) in [5.41, 5.74) is 0.965. The van der Waals surface area contributed by atoms with Crippen LogP contribution in [0.1, 0.15) is 37.4 Å². The van der Waals surface area contributed by atoms with Crippen LogP contribution < -0.4 is 5.32 Å². The molecule has 2 N–H and O–H groups in total. The average molecular weight is 404 g/mol. The lowest BCUT2D eigenvalue weighted by Crippen LogP contribution is -2.45. The Morgan fingerprint density at radius 3 is 2.48 bits per heavy atom. The van der Waals surface area contributed by atoms with Crippen molar-refractivity contribution in [2.75, 3.05) is 0 Å². The van der Waals surface area contributed by atoms with Gasteiger partial charge in [0.15, 0.2) is 0 Å². The normalized spacial score (nSPS) is 14.2. The number of nitrogens with one attached hydrogen (secondary N) is 1. The fraction of sp³-hybridized carbons (Fsp3) is 0.333. The molecular weight excluding hydrogens is 385 g/mol. The number of fused-ring (bicyclic) bond motifs is 3. The Hall–Kier alpha value is -3.05. The molecule has 29 heavy (non-hydrogen) atoms. The van der Waals surface area contributed by atoms with Gasteiger partial charge in [-0.3, -0.25) is 10.1 Å². The van der Waals surface area contributed by atoms with Gasteiger partial charge in [0.25, 0.3) is 0 Å². The maximum Gasteiger partial charge on any atom is 0.407 e. The zero-order valence-electron chi connectivity index (χ0n) is 15.7. The van der Waals surface area contributed by atoms with Gasteiger partial charge in [-0.2, -0.15) is 18.4 Å². The Kier molecular flexibility index (Phi) is 5.53. The number of alkyl halides is 3. The molecule has 0 amide bonds. The SMILES string of the molecule is CC(C)C[C@H](NC(c1ccc2c(c1)oc1ccc(C#N)cc12)C(F)(F)F)C(=O)O. The summed E-state index contributed by atoms with van der Waals surface area (Å²) in [6, 6.07) is 7.35. The van der Waals surface area contributed by atoms with Gasteiger partial charge in [-0.1, -0.05) is 26.0 Å². The van der Waals surface area contributed by atoms with Gasteiger partial charge in [0.1, 0.15) is 23.2 Å². The van der Waals surface area contributed by atoms with Crippen molar-refractivity contribution in [2.45, 2.75) is 38.5 Å². The van der Waals surface area contributed by atoms with Gasteiger partial charge in [-0.25, -0.2) is 0 Å². The third-order valence-electron chi connectivity index (χ3n) is 4.66. The summed E-state index contributed by atoms with van der Waals surface area (Å²) in [6.45, 7) is 3.49. The standard InChI is InChI=1S/C21H19F3N2O3/c1-11(2)7-16(20(27)28)26-19(21(22,23)24)13-4-5-14-15-8-12(10-25)3-6-17(15)29-18(14)9-13/h3-6,8-9,11,16,19,26H,7H2,1-2H3,(H,27,28)/t16-,19?/m0/s1. The van der Waals surface area contributed by atoms with Crippen molar-refractivity contribution in [3.63, 3.8) is 0 Å². The van der Waals surface area contributed by atoms with Crippen LogP contribution in [0.25, 0.3) is 21.9 Å². The van der Waals surface area contributed by atoms with Crippen molar-refractivity contribution >= 4 is 27.9 Å². The van der Waals surface area contributed by atoms with Crippen molar-refractivity contribution in [2.24, 2.45) is 5.92 Å². The summed E-state index contributed by atoms with van der Waals surface area (Å²) < 4.78 is 46.9. The molecule has 3 aromatic rings. The minimum absolute atomic E-state index is 0.0612. The molecule has 0 aliphatic rings. The number of carboxylic acid groups (broad SMARTS) is 1. The van der Waals surface area contributed by atoms with E-state index >= 15 is 0 Å². The van der Waals surface area contributed by atoms with Gasteiger partial charge >= 0.3 is 12.1 Å². The van der Waals surface area contributed by atoms with Gasteiger partial charge in [0.2, 0.25) is 0 Å². The summed E-state index contributed by atoms with van der Waals surface area (Å²) in [5.74, 6) is -1.42. The summed E-state index contributed by atoms with van der Waals surface area (Å²) in [4.78, 5) is 11.4. The molecule has 0 aliphatic heterocycles. The lowest BCUT2D eigenvalue weighted by Gasteiger charge is -2.26. The molecular formula is C21H19F3N2O3. The first-order valence-corrected chi connectivity index (χ1v) is 9.02. The maximum absolute atomic E-state index is 13.7. The Morgan fingerprint density at radius 1 is 1.17 bits per heavy atom. The first kappa shape index (κ1) is 20.7. The van der Waals surface area contributed by atoms with Crippen LogP contribution in [0.5, 0.6) is 0 Å². The van der Waals surface area contributed by atoms with Crippen LogP contribution in [0.4, 0.5) is 13.2 Å². The van der Waals surface area contributed by atoms with Crippen molar-refractivity contribution in [3.05, 3.63) is 47.5 Å². The average Bonchev–Trinajstić information content (AvgIpc) is 3.00. The third-order valence-corrected chi connectivity index (χ3v) is 4.66. The summed E-state index contributed by atoms with van der Waals surface area (Å²) >= 11 is 0. The number of aliphatic carboxylic acids is 1. The molecule has 0 aliphatic carbocycles. The van der Waals surface area contributed by atoms with Crippen molar-refractivity contribution < 1.29 is 27.5 Å². The number of hydrogen-bond acceptors (Lipinski definition) is 4. The Bertz CT molecular complexity index is 1100. The van der Waals surface area contributed by atoms with E-state index in [9.17, 15) is 23.1 Å². The summed E-state index contributed by atoms with van der Waals surface area (Å²) in [7, 11) is 0. The Balaban J connectivity index is 2.05. The minimum Gasteiger partial charge on any atom is -0.480 e. The molecule has 1 heterocycles. The van der Waals surface area contributed by atoms with Crippen LogP contribution in [0.3, 0.4) is 0 Å². The molecule has 2 atom stereocenters. The molecule has 5 nitrogen and oxygen atoms in total. The second-order valence-electron chi connectivity index (χ2n) is 7.34. The third kappa shape index (κ3) is 4.35. The van der Waals surface area contributed by atoms with E-state index < -0.39 is 24.2 Å². The van der Waals surface area contributed by atoms with Crippen LogP contribution in [0.15, 0.2) is 40.8 Å². The quantitative estimate of drug-likeness (QED) is 0.593. The molecule has 0 saturated heterocycles. The van der Waals surface area contributed by atoms with Gasteiger partial charge in [-0.05, 0) is 42.2 Å². The fourth-order valence-electron chi connectivity index (χ4n) is 3.34. The molecule has 2 aromatic carbocycles. The van der Waals surface area contributed by atoms with Crippen LogP contribution in [-0.2, 0) is 4.79 Å². The molecule has 0 fully saturated rings. The van der Waals surface area contributed by atoms with E-state index in [1.807, 2.05) is 6.07 Å². The highest BCUT2D eigenvalue weighted by atomic mass is 19.4. The van der Waals surface area contributed by atoms with Gasteiger partial charge in [0.05, 0.1) is 11.6 Å². The number of nitrogens with zero attached hydrogens (tertiary/aromatic N) is 1. The molecule has 0 saturated carbocycles. The zero-order valence-corrected chi connectivity index (χ0v) is 15.7. The number of nitriles is 1. The highest BCUT2D eigenvalue weighted by molar-refractivity contribution is 6.05. The lowest BCUT2D eigenvalue weighted by atomic mass is 9.99. The van der Waals surface area contributed by atoms with Crippen molar-refractivity contribution in [3.8, 4) is 6.07 Å². The monoisotopic (exact) mass is 404 g/mol. The highest BCUT2D eigenvalue weighted by Crippen LogP contribution is 2.37. The van der Waals surface area contributed by atoms with Crippen LogP contribution in [0.2, 0.25) is 0 Å². The molecule has 1 aromatic heterocycles. The second-order valence-corrected chi connectivity index (χ2v) is 7.34. The molecule has 1 unspecified atom stereocenters. The van der Waals surface area contributed by atoms with Crippen LogP contribution >= 0.6 is 0 Å². The number of rotatable bonds is 6. The number of hydrogen-bond donors (Lipinski definition) is 2. The Morgan fingerprint density at radius 2 is 1.90 bits per heavy atom. The van der Waals surface area contributed by atoms with Gasteiger partial charge in [0, 0.05) is 10.8 Å². The molecule has 0 radical (unpaired) electrons. The molecule has 8 heteroatoms. The number of benzene rings is 2. The van der Waals surface area contributed by atoms with E-state index in [0.717, 1.165) is 0 Å². The van der Waals surface area contributed by atoms with E-state index in [1.165, 1.54) is 18.2 Å². The largest absolute Gasteiger partial charge is 0.480 e. The summed E-state index contributed by atoms with van der Waals surface area (Å²) in [5, 5.41) is 21.8. The number of halogens is 3. The van der Waals surface area contributed by atoms with Gasteiger partial charge in [-0.15, -0.1) is 0 Å². The van der Waals surface area contributed by atoms with Crippen molar-refractivity contribution in [1.29, 1.82) is 5.26 Å². The molecule has 0 spiro atoms. The van der Waals surface area contributed by atoms with E-state index in [-0.39, 0.29) is 23.5 Å². The second kappa shape index (κ2) is 7.76. The topological polar surface area (TPSA) is 86.3 Å². The maximum atomic E-state index is 13.7. The number of carbonyl (C=O) groups is 1. The fourth-order valence-corrected chi connectivity index (χ4v) is 3.34. The summed E-state index contributed by atoms with van der Waals surface area (Å²) in [6.07, 6.45) is -4.63. The molecule has 3 rings (SSSR count). The number of carboxylic acids is 1. The molecule has 0 bridgehead atoms. The van der Waals surface area contributed by atoms with Crippen LogP contribution in [-0.4, -0.2) is 23.3 Å². The van der Waals surface area contributed by atoms with E-state index in [0.29, 0.717) is 21.9 Å². The van der Waals surface area contributed by atoms with E-state index in [4.69, 9.17) is 9.68 Å². The predicted molar refractivity (Wildman–Crippen MR) is 101 cm³/mol. The first-order chi connectivity index (χ1) is 13.6. The Labute approximate surface area is 164 Å². The minimum atomic E-state index is -4.70. The highest BCUT2D eigenvalue weighted by Gasteiger charge is 2.43. The molecule has 152 valence electrons.